The van der Waals surface area contributed by atoms with Gasteiger partial charge in [0.15, 0.2) is 0 Å². The van der Waals surface area contributed by atoms with Gasteiger partial charge in [-0.25, -0.2) is 4.79 Å². The second-order valence-corrected chi connectivity index (χ2v) is 4.10. The summed E-state index contributed by atoms with van der Waals surface area (Å²) in [6.45, 7) is 0. The molecule has 0 amide bonds. The minimum Gasteiger partial charge on any atom is -0.478 e. The standard InChI is InChI=1S/C11H9NO2S/c13-11(14)9-3-6-15-10(9)7-8-1-4-12-5-2-8/h1-6H,7H2,(H,13,14). The SMILES string of the molecule is O=C(O)c1ccsc1Cc1ccncc1. The molecule has 3 nitrogen and oxygen atoms in total. The van der Waals surface area contributed by atoms with E-state index in [1.165, 1.54) is 11.3 Å². The molecule has 4 heteroatoms. The quantitative estimate of drug-likeness (QED) is 0.862. The lowest BCUT2D eigenvalue weighted by atomic mass is 10.1. The number of hydrogen-bond donors (Lipinski definition) is 1. The Kier molecular flexibility index (Phi) is 2.78. The summed E-state index contributed by atoms with van der Waals surface area (Å²) in [5.41, 5.74) is 1.48. The van der Waals surface area contributed by atoms with Gasteiger partial charge in [0, 0.05) is 23.7 Å². The summed E-state index contributed by atoms with van der Waals surface area (Å²) < 4.78 is 0. The van der Waals surface area contributed by atoms with Gasteiger partial charge in [-0.2, -0.15) is 0 Å². The van der Waals surface area contributed by atoms with Gasteiger partial charge in [0.05, 0.1) is 5.56 Å². The van der Waals surface area contributed by atoms with Crippen LogP contribution < -0.4 is 0 Å². The molecule has 0 saturated carbocycles. The van der Waals surface area contributed by atoms with Gasteiger partial charge in [-0.3, -0.25) is 4.98 Å². The van der Waals surface area contributed by atoms with Crippen molar-refractivity contribution in [3.63, 3.8) is 0 Å². The van der Waals surface area contributed by atoms with Crippen LogP contribution in [0.5, 0.6) is 0 Å². The lowest BCUT2D eigenvalue weighted by Crippen LogP contribution is -1.98. The number of carboxylic acids is 1. The van der Waals surface area contributed by atoms with E-state index in [1.54, 1.807) is 23.8 Å². The van der Waals surface area contributed by atoms with Crippen LogP contribution in [0.1, 0.15) is 20.8 Å². The van der Waals surface area contributed by atoms with Crippen LogP contribution in [0.2, 0.25) is 0 Å². The smallest absolute Gasteiger partial charge is 0.336 e. The van der Waals surface area contributed by atoms with Crippen LogP contribution >= 0.6 is 11.3 Å². The first kappa shape index (κ1) is 9.86. The summed E-state index contributed by atoms with van der Waals surface area (Å²) in [6, 6.07) is 5.43. The largest absolute Gasteiger partial charge is 0.478 e. The maximum Gasteiger partial charge on any atom is 0.336 e. The molecule has 0 radical (unpaired) electrons. The average molecular weight is 219 g/mol. The molecule has 0 bridgehead atoms. The number of hydrogen-bond acceptors (Lipinski definition) is 3. The highest BCUT2D eigenvalue weighted by atomic mass is 32.1. The molecule has 0 fully saturated rings. The maximum absolute atomic E-state index is 10.9. The Bertz CT molecular complexity index is 464. The minimum absolute atomic E-state index is 0.400. The highest BCUT2D eigenvalue weighted by molar-refractivity contribution is 7.10. The van der Waals surface area contributed by atoms with Crippen molar-refractivity contribution in [3.8, 4) is 0 Å². The van der Waals surface area contributed by atoms with Crippen LogP contribution in [0.4, 0.5) is 0 Å². The van der Waals surface area contributed by atoms with Gasteiger partial charge in [-0.15, -0.1) is 11.3 Å². The molecule has 0 aliphatic heterocycles. The summed E-state index contributed by atoms with van der Waals surface area (Å²) >= 11 is 1.47. The zero-order valence-electron chi connectivity index (χ0n) is 7.88. The third-order valence-electron chi connectivity index (χ3n) is 2.09. The van der Waals surface area contributed by atoms with E-state index in [0.717, 1.165) is 10.4 Å². The van der Waals surface area contributed by atoms with Crippen LogP contribution in [0.25, 0.3) is 0 Å². The Morgan fingerprint density at radius 1 is 1.33 bits per heavy atom. The van der Waals surface area contributed by atoms with E-state index in [4.69, 9.17) is 5.11 Å². The fourth-order valence-electron chi connectivity index (χ4n) is 1.35. The lowest BCUT2D eigenvalue weighted by molar-refractivity contribution is 0.0696. The average Bonchev–Trinajstić information content (AvgIpc) is 2.67. The lowest BCUT2D eigenvalue weighted by Gasteiger charge is -1.99. The van der Waals surface area contributed by atoms with Gasteiger partial charge >= 0.3 is 5.97 Å². The van der Waals surface area contributed by atoms with Crippen molar-refractivity contribution in [2.75, 3.05) is 0 Å². The maximum atomic E-state index is 10.9. The Morgan fingerprint density at radius 3 is 2.73 bits per heavy atom. The molecule has 2 aromatic rings. The van der Waals surface area contributed by atoms with Gasteiger partial charge in [0.25, 0.3) is 0 Å². The fraction of sp³-hybridized carbons (Fsp3) is 0.0909. The van der Waals surface area contributed by atoms with E-state index in [9.17, 15) is 4.79 Å². The Balaban J connectivity index is 2.25. The molecule has 0 aliphatic carbocycles. The third kappa shape index (κ3) is 2.22. The summed E-state index contributed by atoms with van der Waals surface area (Å²) in [6.07, 6.45) is 4.08. The first-order valence-electron chi connectivity index (χ1n) is 4.46. The first-order valence-corrected chi connectivity index (χ1v) is 5.34. The molecule has 2 aromatic heterocycles. The van der Waals surface area contributed by atoms with Crippen molar-refractivity contribution in [1.82, 2.24) is 4.98 Å². The molecular weight excluding hydrogens is 210 g/mol. The van der Waals surface area contributed by atoms with E-state index < -0.39 is 5.97 Å². The molecule has 0 spiro atoms. The van der Waals surface area contributed by atoms with Gasteiger partial charge in [0.1, 0.15) is 0 Å². The monoisotopic (exact) mass is 219 g/mol. The van der Waals surface area contributed by atoms with E-state index in [0.29, 0.717) is 12.0 Å². The predicted molar refractivity (Wildman–Crippen MR) is 58.3 cm³/mol. The second kappa shape index (κ2) is 4.23. The van der Waals surface area contributed by atoms with Crippen molar-refractivity contribution in [2.45, 2.75) is 6.42 Å². The molecule has 2 rings (SSSR count). The zero-order valence-corrected chi connectivity index (χ0v) is 8.70. The van der Waals surface area contributed by atoms with Crippen LogP contribution in [-0.4, -0.2) is 16.1 Å². The van der Waals surface area contributed by atoms with Crippen molar-refractivity contribution in [3.05, 3.63) is 52.0 Å². The van der Waals surface area contributed by atoms with Gasteiger partial charge in [0.2, 0.25) is 0 Å². The predicted octanol–water partition coefficient (Wildman–Crippen LogP) is 2.43. The summed E-state index contributed by atoms with van der Waals surface area (Å²) in [4.78, 5) is 15.7. The molecule has 0 aromatic carbocycles. The normalized spacial score (nSPS) is 10.1. The first-order chi connectivity index (χ1) is 7.27. The summed E-state index contributed by atoms with van der Waals surface area (Å²) in [5.74, 6) is -0.861. The van der Waals surface area contributed by atoms with E-state index >= 15 is 0 Å². The molecule has 0 saturated heterocycles. The van der Waals surface area contributed by atoms with Crippen LogP contribution in [0.15, 0.2) is 36.0 Å². The molecular formula is C11H9NO2S. The molecule has 2 heterocycles. The zero-order chi connectivity index (χ0) is 10.7. The van der Waals surface area contributed by atoms with E-state index in [-0.39, 0.29) is 0 Å². The molecule has 0 atom stereocenters. The van der Waals surface area contributed by atoms with Crippen molar-refractivity contribution >= 4 is 17.3 Å². The number of aromatic nitrogens is 1. The summed E-state index contributed by atoms with van der Waals surface area (Å²) in [5, 5.41) is 10.7. The van der Waals surface area contributed by atoms with Crippen molar-refractivity contribution in [2.24, 2.45) is 0 Å². The van der Waals surface area contributed by atoms with Crippen molar-refractivity contribution < 1.29 is 9.90 Å². The number of thiophene rings is 1. The van der Waals surface area contributed by atoms with Crippen LogP contribution in [-0.2, 0) is 6.42 Å². The van der Waals surface area contributed by atoms with E-state index in [1.807, 2.05) is 12.1 Å². The number of aromatic carboxylic acids is 1. The number of carbonyl (C=O) groups is 1. The second-order valence-electron chi connectivity index (χ2n) is 3.09. The number of rotatable bonds is 3. The highest BCUT2D eigenvalue weighted by Gasteiger charge is 2.11. The van der Waals surface area contributed by atoms with Crippen LogP contribution in [0, 0.1) is 0 Å². The van der Waals surface area contributed by atoms with Gasteiger partial charge in [-0.1, -0.05) is 0 Å². The number of nitrogens with zero attached hydrogens (tertiary/aromatic N) is 1. The molecule has 76 valence electrons. The molecule has 15 heavy (non-hydrogen) atoms. The van der Waals surface area contributed by atoms with Gasteiger partial charge in [-0.05, 0) is 29.1 Å². The molecule has 0 unspecified atom stereocenters. The Morgan fingerprint density at radius 2 is 2.07 bits per heavy atom. The number of pyridine rings is 1. The minimum atomic E-state index is -0.861. The topological polar surface area (TPSA) is 50.2 Å². The van der Waals surface area contributed by atoms with E-state index in [2.05, 4.69) is 4.98 Å². The third-order valence-corrected chi connectivity index (χ3v) is 3.01. The molecule has 0 aliphatic rings. The number of carboxylic acid groups (broad SMARTS) is 1. The van der Waals surface area contributed by atoms with Gasteiger partial charge < -0.3 is 5.11 Å². The highest BCUT2D eigenvalue weighted by Crippen LogP contribution is 2.20. The van der Waals surface area contributed by atoms with Crippen molar-refractivity contribution in [1.29, 1.82) is 0 Å². The molecule has 1 N–H and O–H groups in total. The Labute approximate surface area is 91.0 Å². The summed E-state index contributed by atoms with van der Waals surface area (Å²) in [7, 11) is 0. The Hall–Kier alpha value is -1.68. The van der Waals surface area contributed by atoms with Crippen LogP contribution in [0.3, 0.4) is 0 Å². The fourth-order valence-corrected chi connectivity index (χ4v) is 2.25.